The normalized spacial score (nSPS) is 20.6. The molecule has 2 aromatic carbocycles. The van der Waals surface area contributed by atoms with Gasteiger partial charge in [0.1, 0.15) is 5.75 Å². The summed E-state index contributed by atoms with van der Waals surface area (Å²) in [5.41, 5.74) is 1.05. The molecule has 2 aromatic rings. The Kier molecular flexibility index (Phi) is 5.02. The van der Waals surface area contributed by atoms with E-state index in [9.17, 15) is 23.1 Å². The Labute approximate surface area is 166 Å². The number of halogens is 3. The number of amides is 1. The number of hydrogen-bond acceptors (Lipinski definition) is 3. The fourth-order valence-corrected chi connectivity index (χ4v) is 4.58. The smallest absolute Gasteiger partial charge is 0.419 e. The van der Waals surface area contributed by atoms with Crippen molar-refractivity contribution in [2.24, 2.45) is 0 Å². The van der Waals surface area contributed by atoms with Crippen molar-refractivity contribution in [1.82, 2.24) is 4.90 Å². The number of hydrogen-bond donors (Lipinski definition) is 1. The SMILES string of the molecule is O=C(COc1ccccc1C(F)(F)F)N1CCC2(CC1)c1ccccc1CC2O. The third kappa shape index (κ3) is 3.59. The second-order valence-corrected chi connectivity index (χ2v) is 7.70. The molecule has 1 fully saturated rings. The fraction of sp³-hybridized carbons (Fsp3) is 0.409. The maximum atomic E-state index is 13.1. The average molecular weight is 405 g/mol. The number of ether oxygens (including phenoxy) is 1. The van der Waals surface area contributed by atoms with Crippen LogP contribution >= 0.6 is 0 Å². The number of nitrogens with zero attached hydrogens (tertiary/aromatic N) is 1. The van der Waals surface area contributed by atoms with Crippen LogP contribution in [0.5, 0.6) is 5.75 Å². The van der Waals surface area contributed by atoms with Crippen molar-refractivity contribution in [2.45, 2.75) is 37.0 Å². The van der Waals surface area contributed by atoms with Crippen LogP contribution in [0, 0.1) is 0 Å². The number of alkyl halides is 3. The maximum Gasteiger partial charge on any atom is 0.419 e. The zero-order chi connectivity index (χ0) is 20.6. The Morgan fingerprint density at radius 3 is 2.48 bits per heavy atom. The first-order chi connectivity index (χ1) is 13.8. The third-order valence-corrected chi connectivity index (χ3v) is 6.16. The quantitative estimate of drug-likeness (QED) is 0.850. The number of carbonyl (C=O) groups excluding carboxylic acids is 1. The van der Waals surface area contributed by atoms with E-state index in [0.29, 0.717) is 32.4 Å². The highest BCUT2D eigenvalue weighted by Gasteiger charge is 2.48. The average Bonchev–Trinajstić information content (AvgIpc) is 2.98. The molecule has 0 bridgehead atoms. The minimum atomic E-state index is -4.54. The van der Waals surface area contributed by atoms with E-state index in [1.54, 1.807) is 4.90 Å². The molecule has 1 aliphatic heterocycles. The Morgan fingerprint density at radius 2 is 1.76 bits per heavy atom. The zero-order valence-electron chi connectivity index (χ0n) is 15.8. The molecule has 7 heteroatoms. The number of aliphatic hydroxyl groups excluding tert-OH is 1. The van der Waals surface area contributed by atoms with E-state index in [4.69, 9.17) is 4.74 Å². The number of benzene rings is 2. The largest absolute Gasteiger partial charge is 0.483 e. The van der Waals surface area contributed by atoms with Crippen LogP contribution in [0.1, 0.15) is 29.5 Å². The van der Waals surface area contributed by atoms with Crippen molar-refractivity contribution in [3.05, 3.63) is 65.2 Å². The number of carbonyl (C=O) groups is 1. The van der Waals surface area contributed by atoms with Gasteiger partial charge in [0.15, 0.2) is 6.61 Å². The van der Waals surface area contributed by atoms with Crippen LogP contribution < -0.4 is 4.74 Å². The summed E-state index contributed by atoms with van der Waals surface area (Å²) in [6.45, 7) is 0.433. The highest BCUT2D eigenvalue weighted by atomic mass is 19.4. The summed E-state index contributed by atoms with van der Waals surface area (Å²) in [6, 6.07) is 12.9. The van der Waals surface area contributed by atoms with Crippen molar-refractivity contribution >= 4 is 5.91 Å². The summed E-state index contributed by atoms with van der Waals surface area (Å²) in [7, 11) is 0. The Morgan fingerprint density at radius 1 is 1.10 bits per heavy atom. The summed E-state index contributed by atoms with van der Waals surface area (Å²) >= 11 is 0. The van der Waals surface area contributed by atoms with E-state index in [1.807, 2.05) is 24.3 Å². The minimum Gasteiger partial charge on any atom is -0.483 e. The zero-order valence-corrected chi connectivity index (χ0v) is 15.8. The van der Waals surface area contributed by atoms with Gasteiger partial charge in [0.05, 0.1) is 11.7 Å². The van der Waals surface area contributed by atoms with Crippen LogP contribution in [0.15, 0.2) is 48.5 Å². The van der Waals surface area contributed by atoms with E-state index >= 15 is 0 Å². The van der Waals surface area contributed by atoms with Gasteiger partial charge >= 0.3 is 6.18 Å². The number of rotatable bonds is 3. The molecule has 1 spiro atoms. The first kappa shape index (κ1) is 19.8. The second-order valence-electron chi connectivity index (χ2n) is 7.70. The lowest BCUT2D eigenvalue weighted by Gasteiger charge is -2.42. The van der Waals surface area contributed by atoms with Crippen molar-refractivity contribution in [2.75, 3.05) is 19.7 Å². The summed E-state index contributed by atoms with van der Waals surface area (Å²) in [5.74, 6) is -0.695. The van der Waals surface area contributed by atoms with E-state index in [0.717, 1.165) is 17.2 Å². The van der Waals surface area contributed by atoms with E-state index in [2.05, 4.69) is 0 Å². The van der Waals surface area contributed by atoms with E-state index in [-0.39, 0.29) is 17.1 Å². The van der Waals surface area contributed by atoms with Crippen LogP contribution in [-0.2, 0) is 22.8 Å². The first-order valence-electron chi connectivity index (χ1n) is 9.64. The topological polar surface area (TPSA) is 49.8 Å². The second kappa shape index (κ2) is 7.37. The van der Waals surface area contributed by atoms with Gasteiger partial charge in [0.2, 0.25) is 0 Å². The number of para-hydroxylation sites is 1. The number of piperidine rings is 1. The molecular weight excluding hydrogens is 383 g/mol. The monoisotopic (exact) mass is 405 g/mol. The Bertz CT molecular complexity index is 904. The first-order valence-corrected chi connectivity index (χ1v) is 9.64. The molecule has 4 rings (SSSR count). The van der Waals surface area contributed by atoms with E-state index in [1.165, 1.54) is 18.2 Å². The van der Waals surface area contributed by atoms with Crippen molar-refractivity contribution < 1.29 is 27.8 Å². The Hall–Kier alpha value is -2.54. The number of fused-ring (bicyclic) bond motifs is 2. The molecule has 2 aliphatic rings. The van der Waals surface area contributed by atoms with Crippen LogP contribution in [0.25, 0.3) is 0 Å². The predicted octanol–water partition coefficient (Wildman–Crippen LogP) is 3.56. The van der Waals surface area contributed by atoms with Gasteiger partial charge < -0.3 is 14.7 Å². The minimum absolute atomic E-state index is 0.345. The molecule has 4 nitrogen and oxygen atoms in total. The van der Waals surface area contributed by atoms with Gasteiger partial charge in [-0.1, -0.05) is 36.4 Å². The summed E-state index contributed by atoms with van der Waals surface area (Å²) in [5, 5.41) is 10.7. The molecule has 29 heavy (non-hydrogen) atoms. The van der Waals surface area contributed by atoms with Gasteiger partial charge in [-0.3, -0.25) is 4.79 Å². The molecule has 1 aliphatic carbocycles. The van der Waals surface area contributed by atoms with Gasteiger partial charge in [-0.15, -0.1) is 0 Å². The number of aliphatic hydroxyl groups is 1. The molecule has 1 saturated heterocycles. The maximum absolute atomic E-state index is 13.1. The highest BCUT2D eigenvalue weighted by molar-refractivity contribution is 5.78. The summed E-state index contributed by atoms with van der Waals surface area (Å²) in [4.78, 5) is 14.1. The molecular formula is C22H22F3NO3. The molecule has 0 saturated carbocycles. The highest BCUT2D eigenvalue weighted by Crippen LogP contribution is 2.46. The fourth-order valence-electron chi connectivity index (χ4n) is 4.58. The molecule has 1 amide bonds. The van der Waals surface area contributed by atoms with Gasteiger partial charge in [-0.25, -0.2) is 0 Å². The molecule has 0 aromatic heterocycles. The lowest BCUT2D eigenvalue weighted by atomic mass is 9.72. The standard InChI is InChI=1S/C22H22F3NO3/c23-22(24,25)17-7-3-4-8-18(17)29-14-20(28)26-11-9-21(10-12-26)16-6-2-1-5-15(16)13-19(21)27/h1-8,19,27H,9-14H2. The number of likely N-dealkylation sites (tertiary alicyclic amines) is 1. The van der Waals surface area contributed by atoms with Gasteiger partial charge in [0.25, 0.3) is 5.91 Å². The van der Waals surface area contributed by atoms with Crippen LogP contribution in [0.3, 0.4) is 0 Å². The molecule has 154 valence electrons. The molecule has 1 unspecified atom stereocenters. The summed E-state index contributed by atoms with van der Waals surface area (Å²) < 4.78 is 44.4. The Balaban J connectivity index is 1.40. The van der Waals surface area contributed by atoms with Gasteiger partial charge in [-0.05, 0) is 42.5 Å². The third-order valence-electron chi connectivity index (χ3n) is 6.16. The van der Waals surface area contributed by atoms with E-state index < -0.39 is 24.5 Å². The lowest BCUT2D eigenvalue weighted by Crippen LogP contribution is -2.50. The van der Waals surface area contributed by atoms with Crippen molar-refractivity contribution in [3.63, 3.8) is 0 Å². The lowest BCUT2D eigenvalue weighted by molar-refractivity contribution is -0.141. The summed E-state index contributed by atoms with van der Waals surface area (Å²) in [6.07, 6.45) is -3.16. The van der Waals surface area contributed by atoms with Crippen LogP contribution in [-0.4, -0.2) is 41.7 Å². The van der Waals surface area contributed by atoms with Gasteiger partial charge in [0, 0.05) is 18.5 Å². The van der Waals surface area contributed by atoms with Crippen molar-refractivity contribution in [1.29, 1.82) is 0 Å². The predicted molar refractivity (Wildman–Crippen MR) is 101 cm³/mol. The van der Waals surface area contributed by atoms with Crippen LogP contribution in [0.4, 0.5) is 13.2 Å². The van der Waals surface area contributed by atoms with Crippen LogP contribution in [0.2, 0.25) is 0 Å². The molecule has 1 atom stereocenters. The van der Waals surface area contributed by atoms with Gasteiger partial charge in [-0.2, -0.15) is 13.2 Å². The van der Waals surface area contributed by atoms with Crippen molar-refractivity contribution in [3.8, 4) is 5.75 Å². The molecule has 1 N–H and O–H groups in total. The molecule has 0 radical (unpaired) electrons. The molecule has 1 heterocycles.